The molecule has 0 atom stereocenters. The molecule has 1 aliphatic rings. The molecule has 20 heavy (non-hydrogen) atoms. The van der Waals surface area contributed by atoms with Gasteiger partial charge in [-0.1, -0.05) is 37.3 Å². The lowest BCUT2D eigenvalue weighted by molar-refractivity contribution is 0.441. The van der Waals surface area contributed by atoms with Gasteiger partial charge < -0.3 is 4.57 Å². The highest BCUT2D eigenvalue weighted by Crippen LogP contribution is 2.32. The molecule has 0 N–H and O–H groups in total. The maximum atomic E-state index is 6.09. The van der Waals surface area contributed by atoms with E-state index in [-0.39, 0.29) is 0 Å². The molecule has 0 bridgehead atoms. The van der Waals surface area contributed by atoms with Gasteiger partial charge in [0.25, 0.3) is 0 Å². The Labute approximate surface area is 130 Å². The first-order chi connectivity index (χ1) is 9.79. The van der Waals surface area contributed by atoms with Crippen LogP contribution < -0.4 is 0 Å². The van der Waals surface area contributed by atoms with Gasteiger partial charge in [0.15, 0.2) is 0 Å². The Morgan fingerprint density at radius 2 is 1.90 bits per heavy atom. The number of aryl methyl sites for hydroxylation is 1. The van der Waals surface area contributed by atoms with Crippen molar-refractivity contribution >= 4 is 34.2 Å². The Kier molecular flexibility index (Phi) is 4.52. The third kappa shape index (κ3) is 2.82. The van der Waals surface area contributed by atoms with E-state index in [9.17, 15) is 0 Å². The quantitative estimate of drug-likeness (QED) is 0.550. The topological polar surface area (TPSA) is 17.8 Å². The first kappa shape index (κ1) is 14.2. The average Bonchev–Trinajstić information content (AvgIpc) is 2.63. The Morgan fingerprint density at radius 3 is 2.60 bits per heavy atom. The highest BCUT2D eigenvalue weighted by Gasteiger charge is 2.20. The van der Waals surface area contributed by atoms with Crippen LogP contribution >= 0.6 is 23.2 Å². The molecule has 108 valence electrons. The summed E-state index contributed by atoms with van der Waals surface area (Å²) in [6.45, 7) is 0. The lowest BCUT2D eigenvalue weighted by Crippen LogP contribution is -2.12. The van der Waals surface area contributed by atoms with E-state index >= 15 is 0 Å². The van der Waals surface area contributed by atoms with Gasteiger partial charge in [-0.15, -0.1) is 11.6 Å². The second kappa shape index (κ2) is 6.36. The lowest BCUT2D eigenvalue weighted by Gasteiger charge is -2.20. The summed E-state index contributed by atoms with van der Waals surface area (Å²) in [5, 5.41) is 0.750. The molecule has 0 radical (unpaired) electrons. The number of fused-ring (bicyclic) bond motifs is 1. The van der Waals surface area contributed by atoms with Crippen LogP contribution in [0.5, 0.6) is 0 Å². The molecule has 1 fully saturated rings. The first-order valence-electron chi connectivity index (χ1n) is 7.52. The summed E-state index contributed by atoms with van der Waals surface area (Å²) in [5.74, 6) is 1.73. The zero-order valence-corrected chi connectivity index (χ0v) is 13.1. The second-order valence-electron chi connectivity index (χ2n) is 5.62. The summed E-state index contributed by atoms with van der Waals surface area (Å²) in [7, 11) is 0. The van der Waals surface area contributed by atoms with E-state index in [1.807, 2.05) is 12.1 Å². The Balaban J connectivity index is 2.07. The van der Waals surface area contributed by atoms with Crippen molar-refractivity contribution in [3.05, 3.63) is 29.0 Å². The van der Waals surface area contributed by atoms with Gasteiger partial charge in [0, 0.05) is 23.4 Å². The minimum absolute atomic E-state index is 0.571. The molecule has 4 heteroatoms. The normalized spacial score (nSPS) is 17.5. The molecule has 1 aromatic carbocycles. The highest BCUT2D eigenvalue weighted by molar-refractivity contribution is 6.31. The molecule has 0 amide bonds. The third-order valence-electron chi connectivity index (χ3n) is 4.23. The van der Waals surface area contributed by atoms with Crippen LogP contribution in [0, 0.1) is 0 Å². The number of rotatable bonds is 3. The summed E-state index contributed by atoms with van der Waals surface area (Å²) in [6, 6.07) is 6.60. The fourth-order valence-corrected chi connectivity index (χ4v) is 3.64. The molecule has 0 spiro atoms. The van der Waals surface area contributed by atoms with Gasteiger partial charge >= 0.3 is 0 Å². The zero-order valence-electron chi connectivity index (χ0n) is 11.6. The van der Waals surface area contributed by atoms with Crippen molar-refractivity contribution in [2.45, 2.75) is 51.0 Å². The van der Waals surface area contributed by atoms with Crippen molar-refractivity contribution in [2.24, 2.45) is 0 Å². The van der Waals surface area contributed by atoms with Crippen LogP contribution in [0.4, 0.5) is 0 Å². The van der Waals surface area contributed by atoms with E-state index in [1.165, 1.54) is 44.0 Å². The van der Waals surface area contributed by atoms with Crippen LogP contribution in [0.3, 0.4) is 0 Å². The van der Waals surface area contributed by atoms with E-state index < -0.39 is 0 Å². The highest BCUT2D eigenvalue weighted by atomic mass is 35.5. The van der Waals surface area contributed by atoms with E-state index in [2.05, 4.69) is 10.6 Å². The Hall–Kier alpha value is -0.730. The minimum Gasteiger partial charge on any atom is -0.325 e. The number of nitrogens with zero attached hydrogens (tertiary/aromatic N) is 2. The van der Waals surface area contributed by atoms with Crippen molar-refractivity contribution in [2.75, 3.05) is 5.88 Å². The maximum absolute atomic E-state index is 6.09. The molecular formula is C16H20Cl2N2. The molecule has 1 saturated carbocycles. The van der Waals surface area contributed by atoms with Crippen LogP contribution in [0.25, 0.3) is 11.0 Å². The van der Waals surface area contributed by atoms with E-state index in [0.29, 0.717) is 11.9 Å². The smallest absolute Gasteiger partial charge is 0.111 e. The molecule has 2 nitrogen and oxygen atoms in total. The van der Waals surface area contributed by atoms with E-state index in [0.717, 1.165) is 22.8 Å². The van der Waals surface area contributed by atoms with Gasteiger partial charge in [-0.25, -0.2) is 4.98 Å². The SMILES string of the molecule is ClCCc1nc2cc(Cl)ccc2n1C1CCCCCC1. The molecule has 1 aliphatic carbocycles. The van der Waals surface area contributed by atoms with Gasteiger partial charge in [0.2, 0.25) is 0 Å². The molecule has 1 aromatic heterocycles. The van der Waals surface area contributed by atoms with Gasteiger partial charge in [-0.05, 0) is 31.0 Å². The Bertz CT molecular complexity index is 583. The van der Waals surface area contributed by atoms with Gasteiger partial charge in [-0.2, -0.15) is 0 Å². The zero-order chi connectivity index (χ0) is 13.9. The van der Waals surface area contributed by atoms with E-state index in [4.69, 9.17) is 28.2 Å². The fourth-order valence-electron chi connectivity index (χ4n) is 3.31. The summed E-state index contributed by atoms with van der Waals surface area (Å²) in [6.07, 6.45) is 8.69. The summed E-state index contributed by atoms with van der Waals surface area (Å²) < 4.78 is 2.43. The predicted octanol–water partition coefficient (Wildman–Crippen LogP) is 5.37. The number of hydrogen-bond donors (Lipinski definition) is 0. The standard InChI is InChI=1S/C16H20Cl2N2/c17-10-9-16-19-14-11-12(18)7-8-15(14)20(16)13-5-3-1-2-4-6-13/h7-8,11,13H,1-6,9-10H2. The van der Waals surface area contributed by atoms with Crippen LogP contribution in [0.15, 0.2) is 18.2 Å². The molecule has 0 saturated heterocycles. The van der Waals surface area contributed by atoms with Crippen molar-refractivity contribution in [3.63, 3.8) is 0 Å². The second-order valence-corrected chi connectivity index (χ2v) is 6.43. The molecule has 0 aliphatic heterocycles. The van der Waals surface area contributed by atoms with Crippen LogP contribution in [-0.4, -0.2) is 15.4 Å². The summed E-state index contributed by atoms with van der Waals surface area (Å²) in [4.78, 5) is 4.76. The number of alkyl halides is 1. The monoisotopic (exact) mass is 310 g/mol. The maximum Gasteiger partial charge on any atom is 0.111 e. The largest absolute Gasteiger partial charge is 0.325 e. The molecular weight excluding hydrogens is 291 g/mol. The third-order valence-corrected chi connectivity index (χ3v) is 4.66. The van der Waals surface area contributed by atoms with Gasteiger partial charge in [0.1, 0.15) is 5.82 Å². The fraction of sp³-hybridized carbons (Fsp3) is 0.562. The molecule has 2 aromatic rings. The number of benzene rings is 1. The van der Waals surface area contributed by atoms with Crippen molar-refractivity contribution in [3.8, 4) is 0 Å². The Morgan fingerprint density at radius 1 is 1.15 bits per heavy atom. The van der Waals surface area contributed by atoms with Crippen LogP contribution in [0.1, 0.15) is 50.4 Å². The van der Waals surface area contributed by atoms with E-state index in [1.54, 1.807) is 0 Å². The number of hydrogen-bond acceptors (Lipinski definition) is 1. The average molecular weight is 311 g/mol. The van der Waals surface area contributed by atoms with Crippen molar-refractivity contribution in [1.29, 1.82) is 0 Å². The lowest BCUT2D eigenvalue weighted by atomic mass is 10.1. The molecule has 0 unspecified atom stereocenters. The van der Waals surface area contributed by atoms with Gasteiger partial charge in [-0.3, -0.25) is 0 Å². The number of aromatic nitrogens is 2. The predicted molar refractivity (Wildman–Crippen MR) is 85.9 cm³/mol. The van der Waals surface area contributed by atoms with Crippen LogP contribution in [-0.2, 0) is 6.42 Å². The van der Waals surface area contributed by atoms with Gasteiger partial charge in [0.05, 0.1) is 11.0 Å². The van der Waals surface area contributed by atoms with Crippen LogP contribution in [0.2, 0.25) is 5.02 Å². The first-order valence-corrected chi connectivity index (χ1v) is 8.43. The summed E-state index contributed by atoms with van der Waals surface area (Å²) >= 11 is 12.1. The minimum atomic E-state index is 0.571. The number of halogens is 2. The number of imidazole rings is 1. The molecule has 1 heterocycles. The van der Waals surface area contributed by atoms with Crippen molar-refractivity contribution < 1.29 is 0 Å². The van der Waals surface area contributed by atoms with Crippen molar-refractivity contribution in [1.82, 2.24) is 9.55 Å². The molecule has 3 rings (SSSR count). The summed E-state index contributed by atoms with van der Waals surface area (Å²) in [5.41, 5.74) is 2.21.